The standard InChI is InChI=1S/C14H17N5/c1-2-15-13-7-6-10(8-16-13)19-14-11-4-3-5-12(11)17-9-18-14/h6-9H,2-5H2,1H3,(H,15,16)(H,17,18,19). The van der Waals surface area contributed by atoms with E-state index in [2.05, 4.69) is 32.5 Å². The third-order valence-corrected chi connectivity index (χ3v) is 3.26. The zero-order valence-corrected chi connectivity index (χ0v) is 11.0. The molecule has 0 saturated heterocycles. The van der Waals surface area contributed by atoms with Gasteiger partial charge in [-0.15, -0.1) is 0 Å². The van der Waals surface area contributed by atoms with Crippen LogP contribution in [0.2, 0.25) is 0 Å². The molecule has 0 aliphatic heterocycles. The number of hydrogen-bond donors (Lipinski definition) is 2. The topological polar surface area (TPSA) is 62.7 Å². The van der Waals surface area contributed by atoms with Crippen LogP contribution in [0, 0.1) is 0 Å². The minimum atomic E-state index is 0.874. The Kier molecular flexibility index (Phi) is 3.27. The number of pyridine rings is 1. The number of rotatable bonds is 4. The number of hydrogen-bond acceptors (Lipinski definition) is 5. The Balaban J connectivity index is 1.80. The van der Waals surface area contributed by atoms with E-state index in [1.807, 2.05) is 18.3 Å². The van der Waals surface area contributed by atoms with Gasteiger partial charge in [-0.3, -0.25) is 0 Å². The van der Waals surface area contributed by atoms with Gasteiger partial charge in [0, 0.05) is 17.8 Å². The van der Waals surface area contributed by atoms with Crippen molar-refractivity contribution in [1.29, 1.82) is 0 Å². The Labute approximate surface area is 112 Å². The van der Waals surface area contributed by atoms with E-state index in [4.69, 9.17) is 0 Å². The summed E-state index contributed by atoms with van der Waals surface area (Å²) in [6.07, 6.45) is 6.74. The molecule has 0 spiro atoms. The highest BCUT2D eigenvalue weighted by Crippen LogP contribution is 2.27. The SMILES string of the molecule is CCNc1ccc(Nc2ncnc3c2CCC3)cn1. The summed E-state index contributed by atoms with van der Waals surface area (Å²) in [5, 5.41) is 6.51. The molecule has 2 heterocycles. The summed E-state index contributed by atoms with van der Waals surface area (Å²) in [6, 6.07) is 3.97. The van der Waals surface area contributed by atoms with Crippen LogP contribution in [0.3, 0.4) is 0 Å². The van der Waals surface area contributed by atoms with Gasteiger partial charge in [0.05, 0.1) is 11.9 Å². The predicted octanol–water partition coefficient (Wildman–Crippen LogP) is 2.54. The van der Waals surface area contributed by atoms with E-state index in [1.165, 1.54) is 17.7 Å². The number of aromatic nitrogens is 3. The van der Waals surface area contributed by atoms with Crippen molar-refractivity contribution in [3.8, 4) is 0 Å². The first-order chi connectivity index (χ1) is 9.36. The highest BCUT2D eigenvalue weighted by atomic mass is 15.0. The van der Waals surface area contributed by atoms with Crippen LogP contribution in [-0.2, 0) is 12.8 Å². The Morgan fingerprint density at radius 2 is 2.11 bits per heavy atom. The Hall–Kier alpha value is -2.17. The van der Waals surface area contributed by atoms with E-state index in [9.17, 15) is 0 Å². The maximum Gasteiger partial charge on any atom is 0.137 e. The van der Waals surface area contributed by atoms with Gasteiger partial charge in [-0.25, -0.2) is 15.0 Å². The summed E-state index contributed by atoms with van der Waals surface area (Å²) in [4.78, 5) is 13.0. The van der Waals surface area contributed by atoms with Gasteiger partial charge in [-0.05, 0) is 38.3 Å². The number of anilines is 3. The van der Waals surface area contributed by atoms with Crippen molar-refractivity contribution in [3.05, 3.63) is 35.9 Å². The molecular weight excluding hydrogens is 238 g/mol. The van der Waals surface area contributed by atoms with Gasteiger partial charge in [0.2, 0.25) is 0 Å². The van der Waals surface area contributed by atoms with E-state index >= 15 is 0 Å². The smallest absolute Gasteiger partial charge is 0.137 e. The van der Waals surface area contributed by atoms with Crippen LogP contribution < -0.4 is 10.6 Å². The third kappa shape index (κ3) is 2.50. The molecule has 0 bridgehead atoms. The van der Waals surface area contributed by atoms with Crippen molar-refractivity contribution in [2.75, 3.05) is 17.2 Å². The molecule has 5 heteroatoms. The highest BCUT2D eigenvalue weighted by molar-refractivity contribution is 5.61. The van der Waals surface area contributed by atoms with Gasteiger partial charge < -0.3 is 10.6 Å². The molecule has 0 radical (unpaired) electrons. The van der Waals surface area contributed by atoms with Crippen LogP contribution in [0.25, 0.3) is 0 Å². The molecular formula is C14H17N5. The Bertz CT molecular complexity index is 565. The zero-order valence-electron chi connectivity index (χ0n) is 11.0. The van der Waals surface area contributed by atoms with E-state index in [-0.39, 0.29) is 0 Å². The maximum atomic E-state index is 4.34. The molecule has 3 rings (SSSR count). The summed E-state index contributed by atoms with van der Waals surface area (Å²) < 4.78 is 0. The van der Waals surface area contributed by atoms with Crippen LogP contribution >= 0.6 is 0 Å². The molecule has 0 atom stereocenters. The lowest BCUT2D eigenvalue weighted by molar-refractivity contribution is 0.899. The van der Waals surface area contributed by atoms with Crippen molar-refractivity contribution in [2.24, 2.45) is 0 Å². The fourth-order valence-electron chi connectivity index (χ4n) is 2.36. The molecule has 19 heavy (non-hydrogen) atoms. The van der Waals surface area contributed by atoms with Crippen LogP contribution in [0.1, 0.15) is 24.6 Å². The van der Waals surface area contributed by atoms with Gasteiger partial charge in [0.25, 0.3) is 0 Å². The molecule has 98 valence electrons. The van der Waals surface area contributed by atoms with E-state index in [0.717, 1.165) is 36.7 Å². The molecule has 0 amide bonds. The van der Waals surface area contributed by atoms with Crippen LogP contribution in [0.4, 0.5) is 17.3 Å². The van der Waals surface area contributed by atoms with Gasteiger partial charge in [0.1, 0.15) is 18.0 Å². The van der Waals surface area contributed by atoms with Gasteiger partial charge in [-0.2, -0.15) is 0 Å². The van der Waals surface area contributed by atoms with Crippen molar-refractivity contribution in [3.63, 3.8) is 0 Å². The van der Waals surface area contributed by atoms with Crippen LogP contribution in [0.15, 0.2) is 24.7 Å². The van der Waals surface area contributed by atoms with Gasteiger partial charge in [0.15, 0.2) is 0 Å². The molecule has 0 fully saturated rings. The molecule has 2 aromatic heterocycles. The predicted molar refractivity (Wildman–Crippen MR) is 75.7 cm³/mol. The van der Waals surface area contributed by atoms with Crippen molar-refractivity contribution < 1.29 is 0 Å². The molecule has 1 aliphatic rings. The molecule has 0 unspecified atom stereocenters. The van der Waals surface area contributed by atoms with Crippen LogP contribution in [-0.4, -0.2) is 21.5 Å². The average Bonchev–Trinajstić information content (AvgIpc) is 2.91. The quantitative estimate of drug-likeness (QED) is 0.879. The summed E-state index contributed by atoms with van der Waals surface area (Å²) >= 11 is 0. The second-order valence-electron chi connectivity index (χ2n) is 4.59. The highest BCUT2D eigenvalue weighted by Gasteiger charge is 2.16. The molecule has 1 aliphatic carbocycles. The van der Waals surface area contributed by atoms with Crippen molar-refractivity contribution in [2.45, 2.75) is 26.2 Å². The van der Waals surface area contributed by atoms with E-state index in [1.54, 1.807) is 6.33 Å². The summed E-state index contributed by atoms with van der Waals surface area (Å²) in [5.74, 6) is 1.81. The Morgan fingerprint density at radius 1 is 1.16 bits per heavy atom. The molecule has 0 saturated carbocycles. The number of aryl methyl sites for hydroxylation is 1. The van der Waals surface area contributed by atoms with E-state index < -0.39 is 0 Å². The molecule has 2 aromatic rings. The van der Waals surface area contributed by atoms with Crippen molar-refractivity contribution >= 4 is 17.3 Å². The fourth-order valence-corrected chi connectivity index (χ4v) is 2.36. The van der Waals surface area contributed by atoms with Crippen LogP contribution in [0.5, 0.6) is 0 Å². The van der Waals surface area contributed by atoms with Gasteiger partial charge >= 0.3 is 0 Å². The first-order valence-corrected chi connectivity index (χ1v) is 6.66. The second kappa shape index (κ2) is 5.22. The fraction of sp³-hybridized carbons (Fsp3) is 0.357. The summed E-state index contributed by atoms with van der Waals surface area (Å²) in [6.45, 7) is 2.93. The lowest BCUT2D eigenvalue weighted by atomic mass is 10.2. The largest absolute Gasteiger partial charge is 0.370 e. The summed E-state index contributed by atoms with van der Waals surface area (Å²) in [5.41, 5.74) is 3.38. The number of fused-ring (bicyclic) bond motifs is 1. The minimum Gasteiger partial charge on any atom is -0.370 e. The normalized spacial score (nSPS) is 13.1. The lowest BCUT2D eigenvalue weighted by Gasteiger charge is -2.10. The van der Waals surface area contributed by atoms with Gasteiger partial charge in [-0.1, -0.05) is 0 Å². The van der Waals surface area contributed by atoms with E-state index in [0.29, 0.717) is 0 Å². The number of nitrogens with zero attached hydrogens (tertiary/aromatic N) is 3. The molecule has 2 N–H and O–H groups in total. The second-order valence-corrected chi connectivity index (χ2v) is 4.59. The monoisotopic (exact) mass is 255 g/mol. The molecule has 0 aromatic carbocycles. The molecule has 5 nitrogen and oxygen atoms in total. The average molecular weight is 255 g/mol. The third-order valence-electron chi connectivity index (χ3n) is 3.26. The number of nitrogens with one attached hydrogen (secondary N) is 2. The van der Waals surface area contributed by atoms with Crippen molar-refractivity contribution in [1.82, 2.24) is 15.0 Å². The zero-order chi connectivity index (χ0) is 13.1. The lowest BCUT2D eigenvalue weighted by Crippen LogP contribution is -2.02. The minimum absolute atomic E-state index is 0.874. The maximum absolute atomic E-state index is 4.34. The Morgan fingerprint density at radius 3 is 2.89 bits per heavy atom. The first kappa shape index (κ1) is 11.9. The summed E-state index contributed by atoms with van der Waals surface area (Å²) in [7, 11) is 0. The first-order valence-electron chi connectivity index (χ1n) is 6.66.